The first-order valence-electron chi connectivity index (χ1n) is 10.8. The summed E-state index contributed by atoms with van der Waals surface area (Å²) in [6, 6.07) is 10.1. The van der Waals surface area contributed by atoms with Gasteiger partial charge in [0.05, 0.1) is 15.2 Å². The molecule has 10 heteroatoms. The third kappa shape index (κ3) is 4.96. The van der Waals surface area contributed by atoms with Gasteiger partial charge < -0.3 is 10.2 Å². The molecule has 0 spiro atoms. The van der Waals surface area contributed by atoms with Gasteiger partial charge in [-0.25, -0.2) is 8.42 Å². The van der Waals surface area contributed by atoms with Gasteiger partial charge in [-0.05, 0) is 75.1 Å². The summed E-state index contributed by atoms with van der Waals surface area (Å²) in [5.74, 6) is -0.823. The zero-order chi connectivity index (χ0) is 25.3. The van der Waals surface area contributed by atoms with Gasteiger partial charge in [0.1, 0.15) is 0 Å². The molecular weight excluding hydrogens is 469 g/mol. The summed E-state index contributed by atoms with van der Waals surface area (Å²) in [4.78, 5) is 25.8. The van der Waals surface area contributed by atoms with Gasteiger partial charge >= 0.3 is 6.18 Å². The van der Waals surface area contributed by atoms with Gasteiger partial charge in [-0.2, -0.15) is 13.2 Å². The van der Waals surface area contributed by atoms with Gasteiger partial charge in [0.2, 0.25) is 0 Å². The third-order valence-corrected chi connectivity index (χ3v) is 9.14. The smallest absolute Gasteiger partial charge is 0.355 e. The van der Waals surface area contributed by atoms with E-state index in [-0.39, 0.29) is 22.6 Å². The van der Waals surface area contributed by atoms with Crippen LogP contribution in [0.15, 0.2) is 53.4 Å². The van der Waals surface area contributed by atoms with Crippen LogP contribution in [0.25, 0.3) is 0 Å². The van der Waals surface area contributed by atoms with E-state index in [0.29, 0.717) is 43.1 Å². The summed E-state index contributed by atoms with van der Waals surface area (Å²) >= 11 is 0. The van der Waals surface area contributed by atoms with Gasteiger partial charge in [-0.1, -0.05) is 6.07 Å². The number of hydrogen-bond donors (Lipinski definition) is 1. The average Bonchev–Trinajstić information content (AvgIpc) is 2.82. The number of nitrogens with zero attached hydrogens (tertiary/aromatic N) is 1. The van der Waals surface area contributed by atoms with Gasteiger partial charge in [0.25, 0.3) is 11.8 Å². The lowest BCUT2D eigenvalue weighted by Crippen LogP contribution is -2.47. The Bertz CT molecular complexity index is 1170. The number of rotatable bonds is 5. The molecule has 2 aromatic rings. The van der Waals surface area contributed by atoms with Crippen molar-refractivity contribution < 1.29 is 31.2 Å². The molecule has 0 aromatic heterocycles. The molecule has 6 nitrogen and oxygen atoms in total. The number of carbonyl (C=O) groups is 2. The van der Waals surface area contributed by atoms with E-state index >= 15 is 0 Å². The quantitative estimate of drug-likeness (QED) is 0.674. The van der Waals surface area contributed by atoms with Gasteiger partial charge in [-0.3, -0.25) is 9.59 Å². The summed E-state index contributed by atoms with van der Waals surface area (Å²) in [6.45, 7) is 3.70. The molecule has 1 aliphatic rings. The Morgan fingerprint density at radius 3 is 2.06 bits per heavy atom. The molecule has 2 aromatic carbocycles. The van der Waals surface area contributed by atoms with Crippen LogP contribution in [0.1, 0.15) is 53.0 Å². The minimum absolute atomic E-state index is 0.222. The monoisotopic (exact) mass is 496 g/mol. The lowest BCUT2D eigenvalue weighted by molar-refractivity contribution is -0.137. The number of halogens is 3. The molecular formula is C24H27F3N2O4S. The molecule has 1 heterocycles. The van der Waals surface area contributed by atoms with E-state index in [4.69, 9.17) is 0 Å². The number of carbonyl (C=O) groups excluding carboxylic acids is 2. The van der Waals surface area contributed by atoms with Crippen LogP contribution < -0.4 is 5.32 Å². The second-order valence-electron chi connectivity index (χ2n) is 8.86. The van der Waals surface area contributed by atoms with Gasteiger partial charge in [0.15, 0.2) is 9.84 Å². The fourth-order valence-corrected chi connectivity index (χ4v) is 6.05. The van der Waals surface area contributed by atoms with E-state index in [9.17, 15) is 31.2 Å². The maximum atomic E-state index is 13.3. The second kappa shape index (κ2) is 9.40. The molecule has 0 radical (unpaired) electrons. The number of hydrogen-bond acceptors (Lipinski definition) is 4. The topological polar surface area (TPSA) is 83.6 Å². The molecule has 0 aliphatic carbocycles. The van der Waals surface area contributed by atoms with E-state index in [0.717, 1.165) is 12.1 Å². The molecule has 0 atom stereocenters. The Morgan fingerprint density at radius 1 is 0.971 bits per heavy atom. The number of amides is 2. The van der Waals surface area contributed by atoms with Crippen LogP contribution in [0.3, 0.4) is 0 Å². The maximum absolute atomic E-state index is 13.3. The van der Waals surface area contributed by atoms with E-state index in [1.165, 1.54) is 27.0 Å². The molecule has 34 heavy (non-hydrogen) atoms. The second-order valence-corrected chi connectivity index (χ2v) is 11.4. The summed E-state index contributed by atoms with van der Waals surface area (Å²) < 4.78 is 64.6. The zero-order valence-corrected chi connectivity index (χ0v) is 20.0. The Labute approximate surface area is 197 Å². The third-order valence-electron chi connectivity index (χ3n) is 6.55. The highest BCUT2D eigenvalue weighted by molar-refractivity contribution is 7.92. The van der Waals surface area contributed by atoms with Crippen LogP contribution in [0, 0.1) is 5.92 Å². The maximum Gasteiger partial charge on any atom is 0.416 e. The first-order chi connectivity index (χ1) is 15.8. The van der Waals surface area contributed by atoms with Crippen molar-refractivity contribution in [1.29, 1.82) is 0 Å². The predicted molar refractivity (Wildman–Crippen MR) is 121 cm³/mol. The minimum Gasteiger partial charge on any atom is -0.355 e. The lowest BCUT2D eigenvalue weighted by Gasteiger charge is -2.40. The fraction of sp³-hybridized carbons (Fsp3) is 0.417. The van der Waals surface area contributed by atoms with Crippen molar-refractivity contribution >= 4 is 21.7 Å². The van der Waals surface area contributed by atoms with E-state index in [2.05, 4.69) is 5.32 Å². The standard InChI is InChI=1S/C24H27F3N2O4S/c1-23(2,34(32,33)20-6-4-5-19(15-20)24(25,26)27)18-11-13-29(14-12-18)22(31)17-9-7-16(8-10-17)21(30)28-3/h4-10,15,18H,11-14H2,1-3H3,(H,28,30). The molecule has 3 rings (SSSR count). The van der Waals surface area contributed by atoms with Crippen molar-refractivity contribution in [2.45, 2.75) is 42.5 Å². The molecule has 2 amide bonds. The summed E-state index contributed by atoms with van der Waals surface area (Å²) in [7, 11) is -2.55. The Morgan fingerprint density at radius 2 is 1.53 bits per heavy atom. The van der Waals surface area contributed by atoms with Crippen LogP contribution in [0.4, 0.5) is 13.2 Å². The predicted octanol–water partition coefficient (Wildman–Crippen LogP) is 4.17. The van der Waals surface area contributed by atoms with Crippen molar-refractivity contribution in [3.63, 3.8) is 0 Å². The van der Waals surface area contributed by atoms with Crippen molar-refractivity contribution in [3.8, 4) is 0 Å². The molecule has 1 N–H and O–H groups in total. The van der Waals surface area contributed by atoms with Crippen LogP contribution in [-0.2, 0) is 16.0 Å². The largest absolute Gasteiger partial charge is 0.416 e. The molecule has 1 aliphatic heterocycles. The molecule has 0 unspecified atom stereocenters. The van der Waals surface area contributed by atoms with Crippen molar-refractivity contribution in [2.75, 3.05) is 20.1 Å². The highest BCUT2D eigenvalue weighted by Gasteiger charge is 2.45. The van der Waals surface area contributed by atoms with Gasteiger partial charge in [0, 0.05) is 31.3 Å². The Hall–Kier alpha value is -2.88. The van der Waals surface area contributed by atoms with Crippen LogP contribution in [0.2, 0.25) is 0 Å². The number of piperidine rings is 1. The molecule has 0 saturated carbocycles. The Kier molecular flexibility index (Phi) is 7.12. The van der Waals surface area contributed by atoms with Crippen molar-refractivity contribution in [3.05, 3.63) is 65.2 Å². The van der Waals surface area contributed by atoms with Crippen molar-refractivity contribution in [1.82, 2.24) is 10.2 Å². The summed E-state index contributed by atoms with van der Waals surface area (Å²) in [5, 5.41) is 2.51. The normalized spacial score (nSPS) is 15.8. The number of sulfone groups is 1. The summed E-state index contributed by atoms with van der Waals surface area (Å²) in [6.07, 6.45) is -3.85. The number of nitrogens with one attached hydrogen (secondary N) is 1. The highest BCUT2D eigenvalue weighted by atomic mass is 32.2. The van der Waals surface area contributed by atoms with E-state index in [1.54, 1.807) is 29.2 Å². The van der Waals surface area contributed by atoms with Gasteiger partial charge in [-0.15, -0.1) is 0 Å². The van der Waals surface area contributed by atoms with Crippen LogP contribution >= 0.6 is 0 Å². The fourth-order valence-electron chi connectivity index (χ4n) is 4.23. The van der Waals surface area contributed by atoms with Crippen LogP contribution in [0.5, 0.6) is 0 Å². The molecule has 1 fully saturated rings. The zero-order valence-electron chi connectivity index (χ0n) is 19.1. The first kappa shape index (κ1) is 25.7. The summed E-state index contributed by atoms with van der Waals surface area (Å²) in [5.41, 5.74) is -0.159. The van der Waals surface area contributed by atoms with Crippen LogP contribution in [-0.4, -0.2) is 50.0 Å². The number of alkyl halides is 3. The highest BCUT2D eigenvalue weighted by Crippen LogP contribution is 2.39. The van der Waals surface area contributed by atoms with E-state index in [1.807, 2.05) is 0 Å². The number of likely N-dealkylation sites (tertiary alicyclic amines) is 1. The number of benzene rings is 2. The molecule has 0 bridgehead atoms. The minimum atomic E-state index is -4.64. The molecule has 1 saturated heterocycles. The molecule has 184 valence electrons. The Balaban J connectivity index is 1.72. The van der Waals surface area contributed by atoms with Crippen molar-refractivity contribution in [2.24, 2.45) is 5.92 Å². The average molecular weight is 497 g/mol. The lowest BCUT2D eigenvalue weighted by atomic mass is 9.85. The van der Waals surface area contributed by atoms with E-state index < -0.39 is 26.3 Å². The SMILES string of the molecule is CNC(=O)c1ccc(C(=O)N2CCC(C(C)(C)S(=O)(=O)c3cccc(C(F)(F)F)c3)CC2)cc1. The first-order valence-corrected chi connectivity index (χ1v) is 12.3.